The number of aromatic nitrogens is 2. The average molecular weight is 406 g/mol. The molecule has 1 amide bonds. The molecule has 1 aliphatic rings. The van der Waals surface area contributed by atoms with Crippen LogP contribution < -0.4 is 5.56 Å². The maximum atomic E-state index is 13.0. The first kappa shape index (κ1) is 20.1. The number of carbonyl (C=O) groups excluding carboxylic acids is 1. The monoisotopic (exact) mass is 405 g/mol. The van der Waals surface area contributed by atoms with Crippen LogP contribution in [0.3, 0.4) is 0 Å². The Hall–Kier alpha value is -1.60. The third kappa shape index (κ3) is 3.99. The molecule has 2 aromatic heterocycles. The van der Waals surface area contributed by atoms with E-state index < -0.39 is 0 Å². The Morgan fingerprint density at radius 1 is 1.41 bits per heavy atom. The average Bonchev–Trinajstić information content (AvgIpc) is 2.92. The van der Waals surface area contributed by atoms with Crippen LogP contribution in [0.1, 0.15) is 37.1 Å². The van der Waals surface area contributed by atoms with Crippen LogP contribution in [0, 0.1) is 19.8 Å². The zero-order chi connectivity index (χ0) is 19.7. The zero-order valence-electron chi connectivity index (χ0n) is 16.4. The smallest absolute Gasteiger partial charge is 0.263 e. The van der Waals surface area contributed by atoms with E-state index in [-0.39, 0.29) is 16.7 Å². The van der Waals surface area contributed by atoms with Crippen LogP contribution in [0.15, 0.2) is 22.6 Å². The van der Waals surface area contributed by atoms with Gasteiger partial charge in [0.1, 0.15) is 4.83 Å². The number of carbonyl (C=O) groups is 1. The number of hydrogen-bond acceptors (Lipinski definition) is 5. The number of fused-ring (bicyclic) bond motifs is 1. The first-order valence-corrected chi connectivity index (χ1v) is 11.1. The molecule has 1 saturated heterocycles. The second-order valence-corrected chi connectivity index (χ2v) is 9.84. The lowest BCUT2D eigenvalue weighted by Gasteiger charge is -2.32. The minimum Gasteiger partial charge on any atom is -0.342 e. The van der Waals surface area contributed by atoms with E-state index in [9.17, 15) is 9.59 Å². The van der Waals surface area contributed by atoms with E-state index in [0.717, 1.165) is 41.2 Å². The second-order valence-electron chi connectivity index (χ2n) is 7.33. The minimum absolute atomic E-state index is 0.0457. The summed E-state index contributed by atoms with van der Waals surface area (Å²) >= 11 is 2.92. The molecule has 0 spiro atoms. The molecule has 0 bridgehead atoms. The van der Waals surface area contributed by atoms with Gasteiger partial charge in [-0.1, -0.05) is 24.8 Å². The molecule has 146 valence electrons. The van der Waals surface area contributed by atoms with Crippen LogP contribution >= 0.6 is 23.1 Å². The molecule has 1 fully saturated rings. The van der Waals surface area contributed by atoms with Crippen molar-refractivity contribution in [3.63, 3.8) is 0 Å². The van der Waals surface area contributed by atoms with E-state index in [1.165, 1.54) is 23.1 Å². The van der Waals surface area contributed by atoms with Crippen LogP contribution in [0.25, 0.3) is 10.2 Å². The Balaban J connectivity index is 1.91. The summed E-state index contributed by atoms with van der Waals surface area (Å²) in [5.74, 6) is 0.814. The van der Waals surface area contributed by atoms with E-state index >= 15 is 0 Å². The van der Waals surface area contributed by atoms with Crippen LogP contribution in [0.4, 0.5) is 0 Å². The molecule has 0 aliphatic carbocycles. The van der Waals surface area contributed by atoms with Gasteiger partial charge in [0.05, 0.1) is 10.6 Å². The van der Waals surface area contributed by atoms with E-state index in [1.807, 2.05) is 25.7 Å². The van der Waals surface area contributed by atoms with Gasteiger partial charge in [0.15, 0.2) is 5.16 Å². The summed E-state index contributed by atoms with van der Waals surface area (Å²) in [7, 11) is 0. The number of nitrogens with zero attached hydrogens (tertiary/aromatic N) is 3. The second kappa shape index (κ2) is 8.19. The maximum Gasteiger partial charge on any atom is 0.263 e. The summed E-state index contributed by atoms with van der Waals surface area (Å²) < 4.78 is 1.64. The molecule has 0 saturated carbocycles. The molecule has 2 aromatic rings. The fourth-order valence-corrected chi connectivity index (χ4v) is 5.46. The summed E-state index contributed by atoms with van der Waals surface area (Å²) in [6, 6.07) is 0. The molecule has 3 rings (SSSR count). The van der Waals surface area contributed by atoms with Gasteiger partial charge in [0.2, 0.25) is 5.91 Å². The van der Waals surface area contributed by atoms with E-state index in [4.69, 9.17) is 4.98 Å². The molecule has 27 heavy (non-hydrogen) atoms. The van der Waals surface area contributed by atoms with Crippen molar-refractivity contribution < 1.29 is 4.79 Å². The lowest BCUT2D eigenvalue weighted by atomic mass is 9.99. The summed E-state index contributed by atoms with van der Waals surface area (Å²) in [6.07, 6.45) is 3.82. The zero-order valence-corrected chi connectivity index (χ0v) is 18.1. The van der Waals surface area contributed by atoms with Crippen molar-refractivity contribution in [2.24, 2.45) is 5.92 Å². The van der Waals surface area contributed by atoms with Gasteiger partial charge >= 0.3 is 0 Å². The number of likely N-dealkylation sites (tertiary alicyclic amines) is 1. The van der Waals surface area contributed by atoms with E-state index in [0.29, 0.717) is 23.0 Å². The Kier molecular flexibility index (Phi) is 6.11. The lowest BCUT2D eigenvalue weighted by molar-refractivity contribution is -0.131. The number of thiophene rings is 1. The molecule has 1 atom stereocenters. The Bertz CT molecular complexity index is 923. The number of piperidine rings is 1. The number of thioether (sulfide) groups is 1. The molecule has 0 radical (unpaired) electrons. The van der Waals surface area contributed by atoms with Crippen molar-refractivity contribution in [3.8, 4) is 0 Å². The SMILES string of the molecule is C=CCn1c(SC(C)C(=O)N2CCC(C)CC2)nc2sc(C)c(C)c2c1=O. The molecular weight excluding hydrogens is 378 g/mol. The van der Waals surface area contributed by atoms with Gasteiger partial charge < -0.3 is 4.90 Å². The fraction of sp³-hybridized carbons (Fsp3) is 0.550. The number of allylic oxidation sites excluding steroid dienone is 1. The number of rotatable bonds is 5. The quantitative estimate of drug-likeness (QED) is 0.429. The van der Waals surface area contributed by atoms with Crippen molar-refractivity contribution in [3.05, 3.63) is 33.4 Å². The van der Waals surface area contributed by atoms with Crippen molar-refractivity contribution >= 4 is 39.2 Å². The van der Waals surface area contributed by atoms with Crippen molar-refractivity contribution in [1.29, 1.82) is 0 Å². The lowest BCUT2D eigenvalue weighted by Crippen LogP contribution is -2.42. The Morgan fingerprint density at radius 3 is 2.70 bits per heavy atom. The number of amides is 1. The standard InChI is InChI=1S/C20H27N3O2S2/c1-6-9-23-19(25)16-13(3)14(4)26-17(16)21-20(23)27-15(5)18(24)22-10-7-12(2)8-11-22/h6,12,15H,1,7-11H2,2-5H3. The summed E-state index contributed by atoms with van der Waals surface area (Å²) in [6.45, 7) is 13.9. The largest absolute Gasteiger partial charge is 0.342 e. The van der Waals surface area contributed by atoms with Gasteiger partial charge in [-0.05, 0) is 45.1 Å². The predicted molar refractivity (Wildman–Crippen MR) is 114 cm³/mol. The fourth-order valence-electron chi connectivity index (χ4n) is 3.38. The summed E-state index contributed by atoms with van der Waals surface area (Å²) in [5, 5.41) is 1.01. The molecule has 3 heterocycles. The van der Waals surface area contributed by atoms with Gasteiger partial charge in [-0.2, -0.15) is 0 Å². The van der Waals surface area contributed by atoms with Crippen molar-refractivity contribution in [2.45, 2.75) is 57.5 Å². The summed E-state index contributed by atoms with van der Waals surface area (Å²) in [4.78, 5) is 34.4. The topological polar surface area (TPSA) is 55.2 Å². The molecule has 0 aromatic carbocycles. The van der Waals surface area contributed by atoms with Crippen LogP contribution in [0.5, 0.6) is 0 Å². The van der Waals surface area contributed by atoms with Crippen molar-refractivity contribution in [1.82, 2.24) is 14.5 Å². The highest BCUT2D eigenvalue weighted by Gasteiger charge is 2.27. The van der Waals surface area contributed by atoms with E-state index in [2.05, 4.69) is 13.5 Å². The Morgan fingerprint density at radius 2 is 2.07 bits per heavy atom. The van der Waals surface area contributed by atoms with Gasteiger partial charge in [0.25, 0.3) is 5.56 Å². The normalized spacial score (nSPS) is 16.7. The third-order valence-corrected chi connectivity index (χ3v) is 7.47. The molecule has 5 nitrogen and oxygen atoms in total. The molecule has 1 unspecified atom stereocenters. The molecule has 0 N–H and O–H groups in total. The predicted octanol–water partition coefficient (Wildman–Crippen LogP) is 4.00. The van der Waals surface area contributed by atoms with Crippen LogP contribution in [0.2, 0.25) is 0 Å². The van der Waals surface area contributed by atoms with Crippen LogP contribution in [-0.4, -0.2) is 38.7 Å². The first-order chi connectivity index (χ1) is 12.8. The number of hydrogen-bond donors (Lipinski definition) is 0. The van der Waals surface area contributed by atoms with Gasteiger partial charge in [-0.15, -0.1) is 17.9 Å². The third-order valence-electron chi connectivity index (χ3n) is 5.29. The number of aryl methyl sites for hydroxylation is 2. The molecule has 7 heteroatoms. The van der Waals surface area contributed by atoms with Gasteiger partial charge in [-0.25, -0.2) is 4.98 Å². The van der Waals surface area contributed by atoms with Gasteiger partial charge in [0, 0.05) is 24.5 Å². The highest BCUT2D eigenvalue weighted by molar-refractivity contribution is 8.00. The maximum absolute atomic E-state index is 13.0. The molecule has 1 aliphatic heterocycles. The highest BCUT2D eigenvalue weighted by atomic mass is 32.2. The molecular formula is C20H27N3O2S2. The van der Waals surface area contributed by atoms with Gasteiger partial charge in [-0.3, -0.25) is 14.2 Å². The highest BCUT2D eigenvalue weighted by Crippen LogP contribution is 2.30. The van der Waals surface area contributed by atoms with Crippen molar-refractivity contribution in [2.75, 3.05) is 13.1 Å². The summed E-state index contributed by atoms with van der Waals surface area (Å²) in [5.41, 5.74) is 0.948. The minimum atomic E-state index is -0.277. The first-order valence-electron chi connectivity index (χ1n) is 9.40. The Labute approximate surface area is 168 Å². The van der Waals surface area contributed by atoms with Crippen LogP contribution in [-0.2, 0) is 11.3 Å². The van der Waals surface area contributed by atoms with E-state index in [1.54, 1.807) is 10.6 Å².